The van der Waals surface area contributed by atoms with E-state index in [9.17, 15) is 4.79 Å². The summed E-state index contributed by atoms with van der Waals surface area (Å²) < 4.78 is 10.0. The molecule has 0 spiro atoms. The quantitative estimate of drug-likeness (QED) is 0.651. The zero-order valence-electron chi connectivity index (χ0n) is 8.23. The standard InChI is InChI=1S/C11H14O3/c1-2-7-14-11-5-3-10(4-6-11)8-13-9-12/h3-6,9H,2,7-8H2,1H3. The van der Waals surface area contributed by atoms with Gasteiger partial charge in [0, 0.05) is 0 Å². The van der Waals surface area contributed by atoms with Crippen molar-refractivity contribution in [1.82, 2.24) is 0 Å². The smallest absolute Gasteiger partial charge is 0.293 e. The maximum Gasteiger partial charge on any atom is 0.293 e. The first-order chi connectivity index (χ1) is 6.86. The monoisotopic (exact) mass is 194 g/mol. The van der Waals surface area contributed by atoms with Gasteiger partial charge < -0.3 is 9.47 Å². The van der Waals surface area contributed by atoms with Gasteiger partial charge in [-0.3, -0.25) is 4.79 Å². The number of ether oxygens (including phenoxy) is 2. The van der Waals surface area contributed by atoms with Crippen LogP contribution >= 0.6 is 0 Å². The maximum absolute atomic E-state index is 9.94. The molecule has 0 bridgehead atoms. The zero-order valence-corrected chi connectivity index (χ0v) is 8.23. The third-order valence-corrected chi connectivity index (χ3v) is 1.71. The summed E-state index contributed by atoms with van der Waals surface area (Å²) in [6, 6.07) is 7.52. The Balaban J connectivity index is 2.46. The second kappa shape index (κ2) is 6.02. The predicted molar refractivity (Wildman–Crippen MR) is 53.1 cm³/mol. The van der Waals surface area contributed by atoms with Crippen LogP contribution in [-0.2, 0) is 16.1 Å². The van der Waals surface area contributed by atoms with Gasteiger partial charge in [-0.25, -0.2) is 0 Å². The molecule has 0 aliphatic rings. The average Bonchev–Trinajstić information content (AvgIpc) is 2.25. The number of benzene rings is 1. The molecule has 1 aromatic rings. The van der Waals surface area contributed by atoms with E-state index in [-0.39, 0.29) is 0 Å². The third-order valence-electron chi connectivity index (χ3n) is 1.71. The maximum atomic E-state index is 9.94. The van der Waals surface area contributed by atoms with Crippen LogP contribution in [0.4, 0.5) is 0 Å². The Morgan fingerprint density at radius 1 is 1.29 bits per heavy atom. The van der Waals surface area contributed by atoms with Crippen LogP contribution in [0.1, 0.15) is 18.9 Å². The Morgan fingerprint density at radius 3 is 2.57 bits per heavy atom. The Bertz CT molecular complexity index is 266. The zero-order chi connectivity index (χ0) is 10.2. The molecule has 14 heavy (non-hydrogen) atoms. The molecule has 0 amide bonds. The SMILES string of the molecule is CCCOc1ccc(COC=O)cc1. The van der Waals surface area contributed by atoms with E-state index < -0.39 is 0 Å². The summed E-state index contributed by atoms with van der Waals surface area (Å²) >= 11 is 0. The highest BCUT2D eigenvalue weighted by Crippen LogP contribution is 2.12. The van der Waals surface area contributed by atoms with Crippen molar-refractivity contribution in [3.63, 3.8) is 0 Å². The highest BCUT2D eigenvalue weighted by molar-refractivity contribution is 5.37. The van der Waals surface area contributed by atoms with E-state index >= 15 is 0 Å². The fourth-order valence-electron chi connectivity index (χ4n) is 1.03. The van der Waals surface area contributed by atoms with E-state index in [4.69, 9.17) is 4.74 Å². The van der Waals surface area contributed by atoms with E-state index in [0.717, 1.165) is 24.3 Å². The molecule has 0 heterocycles. The van der Waals surface area contributed by atoms with Crippen LogP contribution in [0, 0.1) is 0 Å². The van der Waals surface area contributed by atoms with E-state index in [2.05, 4.69) is 11.7 Å². The number of rotatable bonds is 6. The van der Waals surface area contributed by atoms with Crippen LogP contribution < -0.4 is 4.74 Å². The molecule has 0 radical (unpaired) electrons. The van der Waals surface area contributed by atoms with Gasteiger partial charge in [-0.15, -0.1) is 0 Å². The second-order valence-electron chi connectivity index (χ2n) is 2.90. The lowest BCUT2D eigenvalue weighted by Crippen LogP contribution is -1.95. The molecule has 0 saturated carbocycles. The predicted octanol–water partition coefficient (Wildman–Crippen LogP) is 2.15. The van der Waals surface area contributed by atoms with Gasteiger partial charge in [0.1, 0.15) is 12.4 Å². The van der Waals surface area contributed by atoms with Crippen LogP contribution in [0.5, 0.6) is 5.75 Å². The summed E-state index contributed by atoms with van der Waals surface area (Å²) in [4.78, 5) is 9.94. The molecule has 0 aromatic heterocycles. The van der Waals surface area contributed by atoms with E-state index in [0.29, 0.717) is 13.1 Å². The van der Waals surface area contributed by atoms with Gasteiger partial charge in [0.25, 0.3) is 6.47 Å². The molecule has 0 atom stereocenters. The number of carbonyl (C=O) groups is 1. The van der Waals surface area contributed by atoms with Gasteiger partial charge in [-0.05, 0) is 24.1 Å². The largest absolute Gasteiger partial charge is 0.494 e. The van der Waals surface area contributed by atoms with Crippen LogP contribution in [0.15, 0.2) is 24.3 Å². The fraction of sp³-hybridized carbons (Fsp3) is 0.364. The Kier molecular flexibility index (Phi) is 4.55. The van der Waals surface area contributed by atoms with Gasteiger partial charge in [-0.1, -0.05) is 19.1 Å². The van der Waals surface area contributed by atoms with Gasteiger partial charge in [0.15, 0.2) is 0 Å². The van der Waals surface area contributed by atoms with Crippen molar-refractivity contribution in [2.45, 2.75) is 20.0 Å². The first kappa shape index (κ1) is 10.6. The van der Waals surface area contributed by atoms with Crippen LogP contribution in [0.2, 0.25) is 0 Å². The summed E-state index contributed by atoms with van der Waals surface area (Å²) in [7, 11) is 0. The molecule has 1 rings (SSSR count). The molecular weight excluding hydrogens is 180 g/mol. The van der Waals surface area contributed by atoms with Crippen molar-refractivity contribution in [2.24, 2.45) is 0 Å². The molecule has 0 saturated heterocycles. The van der Waals surface area contributed by atoms with Crippen molar-refractivity contribution < 1.29 is 14.3 Å². The second-order valence-corrected chi connectivity index (χ2v) is 2.90. The summed E-state index contributed by atoms with van der Waals surface area (Å²) in [6.45, 7) is 3.55. The van der Waals surface area contributed by atoms with Gasteiger partial charge in [0.05, 0.1) is 6.61 Å². The number of hydrogen-bond acceptors (Lipinski definition) is 3. The van der Waals surface area contributed by atoms with E-state index in [1.54, 1.807) is 0 Å². The third kappa shape index (κ3) is 3.47. The van der Waals surface area contributed by atoms with Crippen molar-refractivity contribution in [1.29, 1.82) is 0 Å². The van der Waals surface area contributed by atoms with Crippen LogP contribution in [0.3, 0.4) is 0 Å². The molecule has 0 fully saturated rings. The minimum absolute atomic E-state index is 0.317. The van der Waals surface area contributed by atoms with Gasteiger partial charge in [-0.2, -0.15) is 0 Å². The molecule has 76 valence electrons. The molecule has 0 aliphatic heterocycles. The van der Waals surface area contributed by atoms with Crippen LogP contribution in [-0.4, -0.2) is 13.1 Å². The highest BCUT2D eigenvalue weighted by atomic mass is 16.5. The molecule has 0 aliphatic carbocycles. The highest BCUT2D eigenvalue weighted by Gasteiger charge is 1.94. The molecule has 3 heteroatoms. The molecule has 1 aromatic carbocycles. The normalized spacial score (nSPS) is 9.50. The van der Waals surface area contributed by atoms with Gasteiger partial charge in [0.2, 0.25) is 0 Å². The number of hydrogen-bond donors (Lipinski definition) is 0. The first-order valence-corrected chi connectivity index (χ1v) is 4.63. The lowest BCUT2D eigenvalue weighted by molar-refractivity contribution is -0.129. The Labute approximate surface area is 83.6 Å². The molecule has 3 nitrogen and oxygen atoms in total. The van der Waals surface area contributed by atoms with Crippen molar-refractivity contribution in [2.75, 3.05) is 6.61 Å². The molecule has 0 unspecified atom stereocenters. The Hall–Kier alpha value is -1.51. The van der Waals surface area contributed by atoms with Crippen molar-refractivity contribution >= 4 is 6.47 Å². The van der Waals surface area contributed by atoms with Gasteiger partial charge >= 0.3 is 0 Å². The minimum atomic E-state index is 0.317. The van der Waals surface area contributed by atoms with Crippen LogP contribution in [0.25, 0.3) is 0 Å². The summed E-state index contributed by atoms with van der Waals surface area (Å²) in [5.41, 5.74) is 0.959. The lowest BCUT2D eigenvalue weighted by Gasteiger charge is -2.05. The van der Waals surface area contributed by atoms with Crippen molar-refractivity contribution in [3.8, 4) is 5.75 Å². The minimum Gasteiger partial charge on any atom is -0.494 e. The molecule has 0 N–H and O–H groups in total. The summed E-state index contributed by atoms with van der Waals surface area (Å²) in [5.74, 6) is 0.849. The van der Waals surface area contributed by atoms with E-state index in [1.807, 2.05) is 24.3 Å². The van der Waals surface area contributed by atoms with E-state index in [1.165, 1.54) is 0 Å². The molecular formula is C11H14O3. The summed E-state index contributed by atoms with van der Waals surface area (Å²) in [6.07, 6.45) is 0.996. The van der Waals surface area contributed by atoms with Crippen molar-refractivity contribution in [3.05, 3.63) is 29.8 Å². The summed E-state index contributed by atoms with van der Waals surface area (Å²) in [5, 5.41) is 0. The lowest BCUT2D eigenvalue weighted by atomic mass is 10.2. The topological polar surface area (TPSA) is 35.5 Å². The number of carbonyl (C=O) groups excluding carboxylic acids is 1. The first-order valence-electron chi connectivity index (χ1n) is 4.63. The fourth-order valence-corrected chi connectivity index (χ4v) is 1.03. The average molecular weight is 194 g/mol. The Morgan fingerprint density at radius 2 is 2.00 bits per heavy atom.